The van der Waals surface area contributed by atoms with Crippen molar-refractivity contribution < 1.29 is 19.4 Å². The summed E-state index contributed by atoms with van der Waals surface area (Å²) >= 11 is 0. The fraction of sp³-hybridized carbons (Fsp3) is 0.353. The molecular weight excluding hydrogens is 310 g/mol. The smallest absolute Gasteiger partial charge is 0.303 e. The van der Waals surface area contributed by atoms with E-state index in [-0.39, 0.29) is 18.5 Å². The Morgan fingerprint density at radius 1 is 1.29 bits per heavy atom. The third kappa shape index (κ3) is 7.31. The highest BCUT2D eigenvalue weighted by Gasteiger charge is 2.08. The molecular formula is C17H21N3O4. The average Bonchev–Trinajstić information content (AvgIpc) is 2.59. The summed E-state index contributed by atoms with van der Waals surface area (Å²) in [6, 6.07) is 9.46. The van der Waals surface area contributed by atoms with Crippen LogP contribution < -0.4 is 15.4 Å². The third-order valence-electron chi connectivity index (χ3n) is 3.18. The second kappa shape index (κ2) is 10.7. The lowest BCUT2D eigenvalue weighted by molar-refractivity contribution is -0.137. The van der Waals surface area contributed by atoms with Crippen LogP contribution in [-0.2, 0) is 16.0 Å². The van der Waals surface area contributed by atoms with Crippen LogP contribution in [0.3, 0.4) is 0 Å². The van der Waals surface area contributed by atoms with Crippen molar-refractivity contribution in [2.75, 3.05) is 20.2 Å². The van der Waals surface area contributed by atoms with Gasteiger partial charge in [-0.25, -0.2) is 0 Å². The number of carbonyl (C=O) groups is 2. The zero-order chi connectivity index (χ0) is 17.8. The van der Waals surface area contributed by atoms with Crippen molar-refractivity contribution >= 4 is 11.9 Å². The van der Waals surface area contributed by atoms with Gasteiger partial charge in [-0.15, -0.1) is 0 Å². The maximum atomic E-state index is 11.8. The van der Waals surface area contributed by atoms with E-state index in [0.717, 1.165) is 17.7 Å². The molecule has 0 fully saturated rings. The monoisotopic (exact) mass is 331 g/mol. The largest absolute Gasteiger partial charge is 0.497 e. The standard InChI is InChI=1S/C17H21N3O4/c1-24-15-6-4-13(5-7-15)8-10-19-12-14(11-18)17(23)20-9-2-3-16(21)22/h4-7,12,19H,2-3,8-10H2,1H3,(H,20,23)(H,21,22)/b14-12-. The van der Waals surface area contributed by atoms with Crippen LogP contribution in [0.4, 0.5) is 0 Å². The van der Waals surface area contributed by atoms with Gasteiger partial charge in [0.15, 0.2) is 0 Å². The number of methoxy groups -OCH3 is 1. The van der Waals surface area contributed by atoms with E-state index < -0.39 is 11.9 Å². The fourth-order valence-electron chi connectivity index (χ4n) is 1.87. The molecule has 24 heavy (non-hydrogen) atoms. The van der Waals surface area contributed by atoms with Gasteiger partial charge in [0.05, 0.1) is 7.11 Å². The maximum Gasteiger partial charge on any atom is 0.303 e. The zero-order valence-electron chi connectivity index (χ0n) is 13.5. The molecule has 0 saturated heterocycles. The van der Waals surface area contributed by atoms with Gasteiger partial charge >= 0.3 is 5.97 Å². The summed E-state index contributed by atoms with van der Waals surface area (Å²) in [6.45, 7) is 0.791. The van der Waals surface area contributed by atoms with E-state index in [1.807, 2.05) is 30.3 Å². The lowest BCUT2D eigenvalue weighted by Gasteiger charge is -2.05. The lowest BCUT2D eigenvalue weighted by atomic mass is 10.1. The van der Waals surface area contributed by atoms with Crippen LogP contribution in [0.2, 0.25) is 0 Å². The molecule has 0 heterocycles. The second-order valence-electron chi connectivity index (χ2n) is 4.98. The van der Waals surface area contributed by atoms with Crippen molar-refractivity contribution in [3.8, 4) is 11.8 Å². The van der Waals surface area contributed by atoms with E-state index in [1.54, 1.807) is 7.11 Å². The van der Waals surface area contributed by atoms with Crippen molar-refractivity contribution in [2.45, 2.75) is 19.3 Å². The van der Waals surface area contributed by atoms with Crippen LogP contribution in [0, 0.1) is 11.3 Å². The molecule has 3 N–H and O–H groups in total. The third-order valence-corrected chi connectivity index (χ3v) is 3.18. The molecule has 0 aliphatic rings. The van der Waals surface area contributed by atoms with Crippen molar-refractivity contribution in [1.29, 1.82) is 5.26 Å². The van der Waals surface area contributed by atoms with Crippen LogP contribution in [0.25, 0.3) is 0 Å². The number of hydrogen-bond acceptors (Lipinski definition) is 5. The summed E-state index contributed by atoms with van der Waals surface area (Å²) in [5, 5.41) is 22.9. The van der Waals surface area contributed by atoms with Crippen molar-refractivity contribution in [2.24, 2.45) is 0 Å². The Morgan fingerprint density at radius 2 is 2.00 bits per heavy atom. The number of carboxylic acids is 1. The maximum absolute atomic E-state index is 11.8. The topological polar surface area (TPSA) is 111 Å². The highest BCUT2D eigenvalue weighted by atomic mass is 16.5. The fourth-order valence-corrected chi connectivity index (χ4v) is 1.87. The Morgan fingerprint density at radius 3 is 2.58 bits per heavy atom. The number of benzene rings is 1. The Kier molecular flexibility index (Phi) is 8.47. The molecule has 1 amide bonds. The number of nitrogens with zero attached hydrogens (tertiary/aromatic N) is 1. The SMILES string of the molecule is COc1ccc(CCN/C=C(/C#N)C(=O)NCCCC(=O)O)cc1. The molecule has 1 aromatic rings. The summed E-state index contributed by atoms with van der Waals surface area (Å²) in [6.07, 6.45) is 2.41. The van der Waals surface area contributed by atoms with E-state index in [0.29, 0.717) is 13.0 Å². The first-order valence-corrected chi connectivity index (χ1v) is 7.53. The van der Waals surface area contributed by atoms with Gasteiger partial charge in [-0.2, -0.15) is 5.26 Å². The van der Waals surface area contributed by atoms with Gasteiger partial charge < -0.3 is 20.5 Å². The van der Waals surface area contributed by atoms with Gasteiger partial charge in [-0.3, -0.25) is 9.59 Å². The van der Waals surface area contributed by atoms with Crippen LogP contribution >= 0.6 is 0 Å². The molecule has 0 spiro atoms. The molecule has 0 aliphatic heterocycles. The average molecular weight is 331 g/mol. The highest BCUT2D eigenvalue weighted by molar-refractivity contribution is 5.97. The first kappa shape index (κ1) is 19.0. The first-order chi connectivity index (χ1) is 11.6. The lowest BCUT2D eigenvalue weighted by Crippen LogP contribution is -2.27. The van der Waals surface area contributed by atoms with Gasteiger partial charge in [-0.1, -0.05) is 12.1 Å². The van der Waals surface area contributed by atoms with E-state index in [2.05, 4.69) is 10.6 Å². The van der Waals surface area contributed by atoms with Crippen molar-refractivity contribution in [3.63, 3.8) is 0 Å². The van der Waals surface area contributed by atoms with Gasteiger partial charge in [0.25, 0.3) is 5.91 Å². The van der Waals surface area contributed by atoms with E-state index in [4.69, 9.17) is 15.1 Å². The van der Waals surface area contributed by atoms with Crippen LogP contribution in [-0.4, -0.2) is 37.2 Å². The summed E-state index contributed by atoms with van der Waals surface area (Å²) in [4.78, 5) is 22.1. The molecule has 0 atom stereocenters. The van der Waals surface area contributed by atoms with Crippen molar-refractivity contribution in [3.05, 3.63) is 41.6 Å². The van der Waals surface area contributed by atoms with Crippen molar-refractivity contribution in [1.82, 2.24) is 10.6 Å². The zero-order valence-corrected chi connectivity index (χ0v) is 13.5. The summed E-state index contributed by atoms with van der Waals surface area (Å²) in [7, 11) is 1.61. The quantitative estimate of drug-likeness (QED) is 0.338. The molecule has 0 unspecified atom stereocenters. The molecule has 7 nitrogen and oxygen atoms in total. The molecule has 0 aliphatic carbocycles. The van der Waals surface area contributed by atoms with Crippen LogP contribution in [0.1, 0.15) is 18.4 Å². The molecule has 0 bridgehead atoms. The number of nitriles is 1. The second-order valence-corrected chi connectivity index (χ2v) is 4.98. The Hall–Kier alpha value is -3.01. The van der Waals surface area contributed by atoms with Gasteiger partial charge in [0.1, 0.15) is 17.4 Å². The molecule has 1 aromatic carbocycles. The molecule has 7 heteroatoms. The number of carbonyl (C=O) groups excluding carboxylic acids is 1. The van der Waals surface area contributed by atoms with E-state index >= 15 is 0 Å². The Labute approximate surface area is 140 Å². The van der Waals surface area contributed by atoms with E-state index in [1.165, 1.54) is 6.20 Å². The first-order valence-electron chi connectivity index (χ1n) is 7.53. The molecule has 0 radical (unpaired) electrons. The Bertz CT molecular complexity index is 618. The molecule has 128 valence electrons. The summed E-state index contributed by atoms with van der Waals surface area (Å²) in [5.41, 5.74) is 1.06. The van der Waals surface area contributed by atoms with Crippen LogP contribution in [0.5, 0.6) is 5.75 Å². The van der Waals surface area contributed by atoms with Gasteiger partial charge in [0, 0.05) is 25.7 Å². The predicted molar refractivity (Wildman–Crippen MR) is 88.3 cm³/mol. The number of hydrogen-bond donors (Lipinski definition) is 3. The highest BCUT2D eigenvalue weighted by Crippen LogP contribution is 2.11. The number of ether oxygens (including phenoxy) is 1. The minimum Gasteiger partial charge on any atom is -0.497 e. The van der Waals surface area contributed by atoms with Crippen LogP contribution in [0.15, 0.2) is 36.0 Å². The van der Waals surface area contributed by atoms with Gasteiger partial charge in [0.2, 0.25) is 0 Å². The number of carboxylic acid groups (broad SMARTS) is 1. The molecule has 1 rings (SSSR count). The number of rotatable bonds is 10. The predicted octanol–water partition coefficient (Wildman–Crippen LogP) is 1.22. The minimum absolute atomic E-state index is 0.0218. The molecule has 0 saturated carbocycles. The number of nitrogens with one attached hydrogen (secondary N) is 2. The minimum atomic E-state index is -0.916. The normalized spacial score (nSPS) is 10.6. The Balaban J connectivity index is 2.35. The number of aliphatic carboxylic acids is 1. The molecule has 0 aromatic heterocycles. The van der Waals surface area contributed by atoms with E-state index in [9.17, 15) is 9.59 Å². The summed E-state index contributed by atoms with van der Waals surface area (Å²) in [5.74, 6) is -0.640. The number of amides is 1. The summed E-state index contributed by atoms with van der Waals surface area (Å²) < 4.78 is 5.08. The van der Waals surface area contributed by atoms with Gasteiger partial charge in [-0.05, 0) is 30.5 Å².